The van der Waals surface area contributed by atoms with Gasteiger partial charge in [-0.3, -0.25) is 0 Å². The number of esters is 1. The number of phenols is 1. The number of benzene rings is 2. The number of carbonyl (C=O) groups excluding carboxylic acids is 1. The second-order valence-electron chi connectivity index (χ2n) is 7.18. The molecular formula is C22H24O4. The van der Waals surface area contributed by atoms with Gasteiger partial charge in [-0.2, -0.15) is 0 Å². The van der Waals surface area contributed by atoms with E-state index < -0.39 is 5.97 Å². The van der Waals surface area contributed by atoms with Crippen molar-refractivity contribution in [2.24, 2.45) is 0 Å². The van der Waals surface area contributed by atoms with E-state index >= 15 is 0 Å². The third kappa shape index (κ3) is 4.33. The predicted octanol–water partition coefficient (Wildman–Crippen LogP) is 4.36. The lowest BCUT2D eigenvalue weighted by Crippen LogP contribution is -2.18. The largest absolute Gasteiger partial charge is 0.508 e. The van der Waals surface area contributed by atoms with E-state index in [0.717, 1.165) is 24.2 Å². The summed E-state index contributed by atoms with van der Waals surface area (Å²) in [6.45, 7) is 8.81. The van der Waals surface area contributed by atoms with Crippen molar-refractivity contribution in [3.63, 3.8) is 0 Å². The van der Waals surface area contributed by atoms with Crippen molar-refractivity contribution in [3.05, 3.63) is 71.8 Å². The monoisotopic (exact) mass is 352 g/mol. The molecule has 2 aromatic carbocycles. The third-order valence-electron chi connectivity index (χ3n) is 4.83. The number of ether oxygens (including phenoxy) is 2. The molecule has 0 aromatic heterocycles. The second-order valence-corrected chi connectivity index (χ2v) is 7.18. The molecule has 1 aliphatic rings. The van der Waals surface area contributed by atoms with Gasteiger partial charge in [0.1, 0.15) is 11.5 Å². The highest BCUT2D eigenvalue weighted by Gasteiger charge is 2.24. The summed E-state index contributed by atoms with van der Waals surface area (Å²) in [4.78, 5) is 12.1. The molecule has 0 bridgehead atoms. The van der Waals surface area contributed by atoms with Gasteiger partial charge in [0.05, 0.1) is 12.7 Å². The molecule has 136 valence electrons. The Morgan fingerprint density at radius 2 is 1.69 bits per heavy atom. The van der Waals surface area contributed by atoms with Gasteiger partial charge in [-0.1, -0.05) is 44.7 Å². The van der Waals surface area contributed by atoms with Gasteiger partial charge in [-0.25, -0.2) is 4.79 Å². The fourth-order valence-electron chi connectivity index (χ4n) is 2.84. The van der Waals surface area contributed by atoms with Crippen molar-refractivity contribution in [2.75, 3.05) is 6.61 Å². The Hall–Kier alpha value is -2.59. The topological polar surface area (TPSA) is 59.1 Å². The van der Waals surface area contributed by atoms with E-state index in [9.17, 15) is 9.90 Å². The van der Waals surface area contributed by atoms with Crippen molar-refractivity contribution < 1.29 is 19.4 Å². The first-order valence-corrected chi connectivity index (χ1v) is 8.78. The van der Waals surface area contributed by atoms with Crippen LogP contribution in [0.4, 0.5) is 0 Å². The molecule has 1 unspecified atom stereocenters. The lowest BCUT2D eigenvalue weighted by atomic mass is 9.78. The Balaban J connectivity index is 1.64. The number of aromatic hydroxyl groups is 1. The fraction of sp³-hybridized carbons (Fsp3) is 0.318. The molecule has 1 fully saturated rings. The van der Waals surface area contributed by atoms with E-state index in [4.69, 9.17) is 9.47 Å². The van der Waals surface area contributed by atoms with Crippen molar-refractivity contribution in [3.8, 4) is 11.5 Å². The van der Waals surface area contributed by atoms with Gasteiger partial charge in [0.25, 0.3) is 0 Å². The zero-order chi connectivity index (χ0) is 18.7. The first-order chi connectivity index (χ1) is 12.4. The van der Waals surface area contributed by atoms with Gasteiger partial charge in [0.2, 0.25) is 0 Å². The average Bonchev–Trinajstić information content (AvgIpc) is 3.45. The lowest BCUT2D eigenvalue weighted by molar-refractivity contribution is -0.130. The van der Waals surface area contributed by atoms with Gasteiger partial charge in [0, 0.05) is 11.0 Å². The van der Waals surface area contributed by atoms with Crippen LogP contribution in [0.25, 0.3) is 0 Å². The molecular weight excluding hydrogens is 328 g/mol. The van der Waals surface area contributed by atoms with Crippen LogP contribution in [-0.4, -0.2) is 23.8 Å². The molecule has 1 N–H and O–H groups in total. The van der Waals surface area contributed by atoms with E-state index in [1.807, 2.05) is 24.3 Å². The number of carbonyl (C=O) groups is 1. The molecule has 0 amide bonds. The summed E-state index contributed by atoms with van der Waals surface area (Å²) in [7, 11) is 0. The molecule has 2 aromatic rings. The Bertz CT molecular complexity index is 784. The maximum Gasteiger partial charge on any atom is 0.338 e. The first kappa shape index (κ1) is 18.2. The molecule has 0 radical (unpaired) electrons. The van der Waals surface area contributed by atoms with Crippen LogP contribution in [0.15, 0.2) is 60.7 Å². The molecule has 26 heavy (non-hydrogen) atoms. The summed E-state index contributed by atoms with van der Waals surface area (Å²) in [5.74, 6) is 0.362. The summed E-state index contributed by atoms with van der Waals surface area (Å²) in [5, 5.41) is 9.47. The van der Waals surface area contributed by atoms with E-state index in [2.05, 4.69) is 20.4 Å². The summed E-state index contributed by atoms with van der Waals surface area (Å²) >= 11 is 0. The minimum absolute atomic E-state index is 0.232. The normalized spacial score (nSPS) is 16.2. The average molecular weight is 352 g/mol. The molecule has 0 spiro atoms. The molecule has 4 heteroatoms. The predicted molar refractivity (Wildman–Crippen MR) is 100 cm³/mol. The summed E-state index contributed by atoms with van der Waals surface area (Å²) in [6, 6.07) is 14.7. The van der Waals surface area contributed by atoms with Crippen LogP contribution in [-0.2, 0) is 14.9 Å². The van der Waals surface area contributed by atoms with Gasteiger partial charge in [-0.15, -0.1) is 0 Å². The Kier molecular flexibility index (Phi) is 5.14. The van der Waals surface area contributed by atoms with Gasteiger partial charge in [0.15, 0.2) is 0 Å². The fourth-order valence-corrected chi connectivity index (χ4v) is 2.84. The van der Waals surface area contributed by atoms with Crippen LogP contribution in [0, 0.1) is 0 Å². The van der Waals surface area contributed by atoms with Crippen LogP contribution in [0.1, 0.15) is 37.8 Å². The number of epoxide rings is 1. The first-order valence-electron chi connectivity index (χ1n) is 8.78. The quantitative estimate of drug-likeness (QED) is 0.348. The minimum Gasteiger partial charge on any atom is -0.508 e. The highest BCUT2D eigenvalue weighted by molar-refractivity contribution is 5.89. The summed E-state index contributed by atoms with van der Waals surface area (Å²) in [5.41, 5.74) is 2.42. The summed E-state index contributed by atoms with van der Waals surface area (Å²) in [6.07, 6.45) is 1.68. The second kappa shape index (κ2) is 7.34. The molecule has 1 atom stereocenters. The lowest BCUT2D eigenvalue weighted by Gasteiger charge is -2.26. The Labute approximate surface area is 154 Å². The van der Waals surface area contributed by atoms with Gasteiger partial charge >= 0.3 is 5.97 Å². The Morgan fingerprint density at radius 1 is 1.15 bits per heavy atom. The number of phenolic OH excluding ortho intramolecular Hbond substituents is 1. The van der Waals surface area contributed by atoms with E-state index in [-0.39, 0.29) is 17.3 Å². The van der Waals surface area contributed by atoms with Crippen molar-refractivity contribution >= 4 is 5.97 Å². The maximum atomic E-state index is 12.1. The van der Waals surface area contributed by atoms with E-state index in [0.29, 0.717) is 17.7 Å². The van der Waals surface area contributed by atoms with E-state index in [1.165, 1.54) is 0 Å². The zero-order valence-electron chi connectivity index (χ0n) is 15.2. The molecule has 4 nitrogen and oxygen atoms in total. The number of rotatable bonds is 7. The molecule has 1 saturated heterocycles. The smallest absolute Gasteiger partial charge is 0.338 e. The van der Waals surface area contributed by atoms with Crippen LogP contribution in [0.2, 0.25) is 0 Å². The van der Waals surface area contributed by atoms with E-state index in [1.54, 1.807) is 24.3 Å². The highest BCUT2D eigenvalue weighted by atomic mass is 16.6. The highest BCUT2D eigenvalue weighted by Crippen LogP contribution is 2.33. The third-order valence-corrected chi connectivity index (χ3v) is 4.83. The van der Waals surface area contributed by atoms with Crippen LogP contribution >= 0.6 is 0 Å². The van der Waals surface area contributed by atoms with Crippen LogP contribution in [0.3, 0.4) is 0 Å². The number of hydrogen-bond donors (Lipinski definition) is 1. The standard InChI is InChI=1S/C22H24O4/c1-15(4-11-20-14-25-20)21(24)26-19-12-7-17(8-13-19)22(2,3)16-5-9-18(23)10-6-16/h5-10,12-13,20,23H,1,4,11,14H2,2-3H3. The Morgan fingerprint density at radius 3 is 2.23 bits per heavy atom. The maximum absolute atomic E-state index is 12.1. The molecule has 1 heterocycles. The van der Waals surface area contributed by atoms with Crippen molar-refractivity contribution in [2.45, 2.75) is 38.2 Å². The van der Waals surface area contributed by atoms with Crippen molar-refractivity contribution in [1.29, 1.82) is 0 Å². The van der Waals surface area contributed by atoms with Gasteiger partial charge in [-0.05, 0) is 48.2 Å². The SMILES string of the molecule is C=C(CCC1CO1)C(=O)Oc1ccc(C(C)(C)c2ccc(O)cc2)cc1. The molecule has 3 rings (SSSR count). The molecule has 0 saturated carbocycles. The van der Waals surface area contributed by atoms with Crippen LogP contribution in [0.5, 0.6) is 11.5 Å². The number of hydrogen-bond acceptors (Lipinski definition) is 4. The molecule has 1 aliphatic heterocycles. The molecule has 0 aliphatic carbocycles. The minimum atomic E-state index is -0.392. The zero-order valence-corrected chi connectivity index (χ0v) is 15.2. The van der Waals surface area contributed by atoms with Crippen LogP contribution < -0.4 is 4.74 Å². The summed E-state index contributed by atoms with van der Waals surface area (Å²) < 4.78 is 10.5. The van der Waals surface area contributed by atoms with Crippen molar-refractivity contribution in [1.82, 2.24) is 0 Å². The van der Waals surface area contributed by atoms with Gasteiger partial charge < -0.3 is 14.6 Å².